The van der Waals surface area contributed by atoms with E-state index < -0.39 is 5.97 Å². The molecule has 0 fully saturated rings. The molecule has 20 heavy (non-hydrogen) atoms. The second-order valence-corrected chi connectivity index (χ2v) is 5.08. The van der Waals surface area contributed by atoms with Crippen LogP contribution < -0.4 is 0 Å². The van der Waals surface area contributed by atoms with Crippen LogP contribution >= 0.6 is 11.8 Å². The number of hydrogen-bond acceptors (Lipinski definition) is 3. The molecule has 0 radical (unpaired) electrons. The molecule has 0 spiro atoms. The summed E-state index contributed by atoms with van der Waals surface area (Å²) >= 11 is 1.42. The van der Waals surface area contributed by atoms with Gasteiger partial charge in [-0.2, -0.15) is 5.26 Å². The van der Waals surface area contributed by atoms with E-state index in [4.69, 9.17) is 10.4 Å². The SMILES string of the molecule is N#Cc1ccc(F)cc1CSc1ccc(C(=O)O)cc1. The van der Waals surface area contributed by atoms with Crippen molar-refractivity contribution in [3.05, 3.63) is 65.0 Å². The molecule has 0 amide bonds. The number of nitrogens with zero attached hydrogens (tertiary/aromatic N) is 1. The molecule has 0 aliphatic heterocycles. The van der Waals surface area contributed by atoms with Crippen LogP contribution in [-0.2, 0) is 5.75 Å². The zero-order chi connectivity index (χ0) is 14.5. The standard InChI is InChI=1S/C15H10FNO2S/c16-13-4-1-11(8-17)12(7-13)9-20-14-5-2-10(3-6-14)15(18)19/h1-7H,9H2,(H,18,19). The van der Waals surface area contributed by atoms with Crippen LogP contribution in [-0.4, -0.2) is 11.1 Å². The Kier molecular flexibility index (Phi) is 4.38. The normalized spacial score (nSPS) is 10.0. The molecule has 0 aromatic heterocycles. The number of carboxylic acids is 1. The monoisotopic (exact) mass is 287 g/mol. The first-order valence-corrected chi connectivity index (χ1v) is 6.73. The Balaban J connectivity index is 2.11. The van der Waals surface area contributed by atoms with Crippen molar-refractivity contribution in [2.45, 2.75) is 10.6 Å². The van der Waals surface area contributed by atoms with E-state index >= 15 is 0 Å². The van der Waals surface area contributed by atoms with Crippen LogP contribution in [0.2, 0.25) is 0 Å². The topological polar surface area (TPSA) is 61.1 Å². The van der Waals surface area contributed by atoms with Crippen LogP contribution in [0, 0.1) is 17.1 Å². The van der Waals surface area contributed by atoms with E-state index in [0.29, 0.717) is 16.9 Å². The van der Waals surface area contributed by atoms with Gasteiger partial charge in [0.25, 0.3) is 0 Å². The Labute approximate surface area is 119 Å². The lowest BCUT2D eigenvalue weighted by Crippen LogP contribution is -1.95. The minimum Gasteiger partial charge on any atom is -0.478 e. The van der Waals surface area contributed by atoms with Gasteiger partial charge in [-0.1, -0.05) is 0 Å². The fourth-order valence-corrected chi connectivity index (χ4v) is 2.54. The first-order valence-electron chi connectivity index (χ1n) is 5.75. The van der Waals surface area contributed by atoms with Crippen molar-refractivity contribution in [1.82, 2.24) is 0 Å². The molecule has 100 valence electrons. The quantitative estimate of drug-likeness (QED) is 0.871. The molecule has 0 unspecified atom stereocenters. The summed E-state index contributed by atoms with van der Waals surface area (Å²) in [7, 11) is 0. The van der Waals surface area contributed by atoms with E-state index in [1.807, 2.05) is 6.07 Å². The second-order valence-electron chi connectivity index (χ2n) is 4.03. The molecule has 2 rings (SSSR count). The number of nitriles is 1. The van der Waals surface area contributed by atoms with Crippen molar-refractivity contribution >= 4 is 17.7 Å². The Hall–Kier alpha value is -2.32. The van der Waals surface area contributed by atoms with Crippen LogP contribution in [0.4, 0.5) is 4.39 Å². The van der Waals surface area contributed by atoms with Gasteiger partial charge in [0.05, 0.1) is 17.2 Å². The van der Waals surface area contributed by atoms with Crippen molar-refractivity contribution in [3.63, 3.8) is 0 Å². The summed E-state index contributed by atoms with van der Waals surface area (Å²) in [6, 6.07) is 12.5. The molecule has 3 nitrogen and oxygen atoms in total. The minimum atomic E-state index is -0.974. The molecule has 0 heterocycles. The highest BCUT2D eigenvalue weighted by Crippen LogP contribution is 2.25. The van der Waals surface area contributed by atoms with E-state index in [1.54, 1.807) is 12.1 Å². The highest BCUT2D eigenvalue weighted by molar-refractivity contribution is 7.98. The van der Waals surface area contributed by atoms with E-state index in [1.165, 1.54) is 42.1 Å². The average Bonchev–Trinajstić information content (AvgIpc) is 2.45. The van der Waals surface area contributed by atoms with Crippen molar-refractivity contribution in [2.24, 2.45) is 0 Å². The van der Waals surface area contributed by atoms with Crippen molar-refractivity contribution in [2.75, 3.05) is 0 Å². The molecule has 0 saturated carbocycles. The Morgan fingerprint density at radius 1 is 1.25 bits per heavy atom. The lowest BCUT2D eigenvalue weighted by atomic mass is 10.1. The fraction of sp³-hybridized carbons (Fsp3) is 0.0667. The van der Waals surface area contributed by atoms with E-state index in [9.17, 15) is 9.18 Å². The van der Waals surface area contributed by atoms with Gasteiger partial charge in [0, 0.05) is 10.6 Å². The third-order valence-electron chi connectivity index (χ3n) is 2.68. The molecule has 2 aromatic rings. The highest BCUT2D eigenvalue weighted by atomic mass is 32.2. The van der Waals surface area contributed by atoms with E-state index in [-0.39, 0.29) is 11.4 Å². The van der Waals surface area contributed by atoms with Gasteiger partial charge in [0.1, 0.15) is 5.82 Å². The number of rotatable bonds is 4. The Bertz CT molecular complexity index is 677. The third-order valence-corrected chi connectivity index (χ3v) is 3.74. The maximum Gasteiger partial charge on any atom is 0.335 e. The smallest absolute Gasteiger partial charge is 0.335 e. The first-order chi connectivity index (χ1) is 9.60. The van der Waals surface area contributed by atoms with Crippen LogP contribution in [0.5, 0.6) is 0 Å². The lowest BCUT2D eigenvalue weighted by molar-refractivity contribution is 0.0697. The molecule has 5 heteroatoms. The largest absolute Gasteiger partial charge is 0.478 e. The number of aromatic carboxylic acids is 1. The van der Waals surface area contributed by atoms with E-state index in [0.717, 1.165) is 4.90 Å². The zero-order valence-corrected chi connectivity index (χ0v) is 11.2. The summed E-state index contributed by atoms with van der Waals surface area (Å²) in [5, 5.41) is 17.8. The van der Waals surface area contributed by atoms with Crippen molar-refractivity contribution < 1.29 is 14.3 Å². The van der Waals surface area contributed by atoms with E-state index in [2.05, 4.69) is 0 Å². The third kappa shape index (κ3) is 3.37. The summed E-state index contributed by atoms with van der Waals surface area (Å²) in [6.07, 6.45) is 0. The predicted molar refractivity (Wildman–Crippen MR) is 74.1 cm³/mol. The van der Waals surface area contributed by atoms with Gasteiger partial charge in [0.15, 0.2) is 0 Å². The average molecular weight is 287 g/mol. The van der Waals surface area contributed by atoms with Gasteiger partial charge in [-0.05, 0) is 48.0 Å². The summed E-state index contributed by atoms with van der Waals surface area (Å²) < 4.78 is 13.2. The first kappa shape index (κ1) is 14.1. The Morgan fingerprint density at radius 2 is 1.95 bits per heavy atom. The van der Waals surface area contributed by atoms with Crippen LogP contribution in [0.25, 0.3) is 0 Å². The summed E-state index contributed by atoms with van der Waals surface area (Å²) in [5.74, 6) is -0.896. The number of carbonyl (C=O) groups is 1. The van der Waals surface area contributed by atoms with Gasteiger partial charge in [0.2, 0.25) is 0 Å². The molecule has 0 aliphatic carbocycles. The lowest BCUT2D eigenvalue weighted by Gasteiger charge is -2.05. The molecule has 1 N–H and O–H groups in total. The summed E-state index contributed by atoms with van der Waals surface area (Å²) in [5.41, 5.74) is 1.29. The molecule has 0 aliphatic rings. The number of hydrogen-bond donors (Lipinski definition) is 1. The highest BCUT2D eigenvalue weighted by Gasteiger charge is 2.06. The molecular weight excluding hydrogens is 277 g/mol. The maximum atomic E-state index is 13.2. The molecule has 0 saturated heterocycles. The predicted octanol–water partition coefficient (Wildman–Crippen LogP) is 3.69. The van der Waals surface area contributed by atoms with Gasteiger partial charge < -0.3 is 5.11 Å². The van der Waals surface area contributed by atoms with Crippen LogP contribution in [0.1, 0.15) is 21.5 Å². The van der Waals surface area contributed by atoms with Gasteiger partial charge in [-0.25, -0.2) is 9.18 Å². The summed E-state index contributed by atoms with van der Waals surface area (Å²) in [6.45, 7) is 0. The van der Waals surface area contributed by atoms with Crippen molar-refractivity contribution in [3.8, 4) is 6.07 Å². The number of benzene rings is 2. The number of halogens is 1. The van der Waals surface area contributed by atoms with Gasteiger partial charge >= 0.3 is 5.97 Å². The summed E-state index contributed by atoms with van der Waals surface area (Å²) in [4.78, 5) is 11.6. The van der Waals surface area contributed by atoms with Gasteiger partial charge in [-0.15, -0.1) is 11.8 Å². The maximum absolute atomic E-state index is 13.2. The Morgan fingerprint density at radius 3 is 2.55 bits per heavy atom. The fourth-order valence-electron chi connectivity index (χ4n) is 1.65. The molecular formula is C15H10FNO2S. The van der Waals surface area contributed by atoms with Crippen molar-refractivity contribution in [1.29, 1.82) is 5.26 Å². The molecule has 0 bridgehead atoms. The number of carboxylic acid groups (broad SMARTS) is 1. The van der Waals surface area contributed by atoms with Gasteiger partial charge in [-0.3, -0.25) is 0 Å². The second kappa shape index (κ2) is 6.22. The zero-order valence-electron chi connectivity index (χ0n) is 10.3. The minimum absolute atomic E-state index is 0.220. The van der Waals surface area contributed by atoms with Crippen LogP contribution in [0.15, 0.2) is 47.4 Å². The molecule has 0 atom stereocenters. The number of thioether (sulfide) groups is 1. The molecule has 2 aromatic carbocycles. The van der Waals surface area contributed by atoms with Crippen LogP contribution in [0.3, 0.4) is 0 Å².